The Morgan fingerprint density at radius 1 is 1.13 bits per heavy atom. The number of aliphatic hydroxyl groups is 1. The largest absolute Gasteiger partial charge is 0.396 e. The lowest BCUT2D eigenvalue weighted by atomic mass is 10.0. The van der Waals surface area contributed by atoms with Crippen molar-refractivity contribution < 1.29 is 5.11 Å². The van der Waals surface area contributed by atoms with Gasteiger partial charge in [-0.2, -0.15) is 5.10 Å². The molecule has 0 radical (unpaired) electrons. The number of rotatable bonds is 7. The summed E-state index contributed by atoms with van der Waals surface area (Å²) in [4.78, 5) is 8.78. The second kappa shape index (κ2) is 11.7. The van der Waals surface area contributed by atoms with Crippen molar-refractivity contribution >= 4 is 29.9 Å². The Labute approximate surface area is 194 Å². The normalized spacial score (nSPS) is 12.2. The van der Waals surface area contributed by atoms with Crippen molar-refractivity contribution in [2.24, 2.45) is 4.99 Å². The van der Waals surface area contributed by atoms with Crippen molar-refractivity contribution in [3.05, 3.63) is 77.2 Å². The van der Waals surface area contributed by atoms with E-state index in [0.717, 1.165) is 28.3 Å². The lowest BCUT2D eigenvalue weighted by Crippen LogP contribution is -2.39. The van der Waals surface area contributed by atoms with Gasteiger partial charge in [-0.05, 0) is 37.1 Å². The van der Waals surface area contributed by atoms with Gasteiger partial charge in [-0.15, -0.1) is 24.0 Å². The first-order valence-electron chi connectivity index (χ1n) is 9.69. The summed E-state index contributed by atoms with van der Waals surface area (Å²) in [5, 5.41) is 20.7. The highest BCUT2D eigenvalue weighted by Crippen LogP contribution is 2.13. The molecule has 0 amide bonds. The third-order valence-electron chi connectivity index (χ3n) is 4.73. The number of pyridine rings is 1. The maximum Gasteiger partial charge on any atom is 0.191 e. The minimum Gasteiger partial charge on any atom is -0.396 e. The third-order valence-corrected chi connectivity index (χ3v) is 4.73. The quantitative estimate of drug-likeness (QED) is 0.254. The Bertz CT molecular complexity index is 940. The molecule has 0 saturated heterocycles. The van der Waals surface area contributed by atoms with Crippen molar-refractivity contribution in [1.29, 1.82) is 0 Å². The highest BCUT2D eigenvalue weighted by molar-refractivity contribution is 14.0. The lowest BCUT2D eigenvalue weighted by molar-refractivity contribution is 0.265. The number of halogens is 1. The van der Waals surface area contributed by atoms with E-state index >= 15 is 0 Å². The molecule has 1 aromatic carbocycles. The van der Waals surface area contributed by atoms with Crippen LogP contribution < -0.4 is 10.6 Å². The highest BCUT2D eigenvalue weighted by atomic mass is 127. The molecule has 2 heterocycles. The molecule has 3 rings (SSSR count). The zero-order valence-corrected chi connectivity index (χ0v) is 19.9. The Kier molecular flexibility index (Phi) is 9.25. The van der Waals surface area contributed by atoms with Crippen molar-refractivity contribution in [3.8, 4) is 5.82 Å². The van der Waals surface area contributed by atoms with Crippen LogP contribution in [0.4, 0.5) is 0 Å². The maximum absolute atomic E-state index is 9.70. The van der Waals surface area contributed by atoms with Crippen LogP contribution >= 0.6 is 24.0 Å². The van der Waals surface area contributed by atoms with Gasteiger partial charge in [0, 0.05) is 37.9 Å². The number of nitrogens with zero attached hydrogens (tertiary/aromatic N) is 4. The van der Waals surface area contributed by atoms with Crippen molar-refractivity contribution in [1.82, 2.24) is 25.4 Å². The molecular weight excluding hydrogens is 491 g/mol. The van der Waals surface area contributed by atoms with E-state index in [-0.39, 0.29) is 36.5 Å². The van der Waals surface area contributed by atoms with Gasteiger partial charge in [-0.3, -0.25) is 4.99 Å². The van der Waals surface area contributed by atoms with E-state index in [1.54, 1.807) is 7.05 Å². The number of aliphatic hydroxyl groups excluding tert-OH is 1. The molecule has 160 valence electrons. The molecule has 0 saturated carbocycles. The molecule has 7 nitrogen and oxygen atoms in total. The first kappa shape index (κ1) is 23.8. The van der Waals surface area contributed by atoms with Crippen LogP contribution in [0.1, 0.15) is 28.4 Å². The van der Waals surface area contributed by atoms with Gasteiger partial charge in [0.15, 0.2) is 11.8 Å². The number of hydrogen-bond donors (Lipinski definition) is 3. The average molecular weight is 520 g/mol. The van der Waals surface area contributed by atoms with Gasteiger partial charge in [0.2, 0.25) is 0 Å². The van der Waals surface area contributed by atoms with Crippen LogP contribution in [0.2, 0.25) is 0 Å². The minimum atomic E-state index is 0. The first-order valence-corrected chi connectivity index (χ1v) is 9.69. The molecule has 3 N–H and O–H groups in total. The molecule has 30 heavy (non-hydrogen) atoms. The topological polar surface area (TPSA) is 87.4 Å². The predicted molar refractivity (Wildman–Crippen MR) is 131 cm³/mol. The van der Waals surface area contributed by atoms with Crippen molar-refractivity contribution in [3.63, 3.8) is 0 Å². The van der Waals surface area contributed by atoms with E-state index in [2.05, 4.69) is 25.7 Å². The van der Waals surface area contributed by atoms with Gasteiger partial charge in [0.25, 0.3) is 0 Å². The summed E-state index contributed by atoms with van der Waals surface area (Å²) in [6.45, 7) is 5.25. The number of aromatic nitrogens is 3. The van der Waals surface area contributed by atoms with Crippen LogP contribution in [0.3, 0.4) is 0 Å². The van der Waals surface area contributed by atoms with E-state index in [1.807, 2.05) is 73.3 Å². The number of hydrogen-bond acceptors (Lipinski definition) is 4. The Morgan fingerprint density at radius 2 is 1.90 bits per heavy atom. The fraction of sp³-hybridized carbons (Fsp3) is 0.318. The van der Waals surface area contributed by atoms with Crippen LogP contribution in [-0.4, -0.2) is 46.0 Å². The van der Waals surface area contributed by atoms with E-state index in [1.165, 1.54) is 0 Å². The monoisotopic (exact) mass is 520 g/mol. The summed E-state index contributed by atoms with van der Waals surface area (Å²) >= 11 is 0. The number of nitrogens with one attached hydrogen (secondary N) is 2. The third kappa shape index (κ3) is 6.27. The SMILES string of the molecule is CN=C(NCc1ccc(-n2nc(C)cc2C)nc1)NCC(CO)c1ccccc1.I. The predicted octanol–water partition coefficient (Wildman–Crippen LogP) is 2.94. The maximum atomic E-state index is 9.70. The number of aryl methyl sites for hydroxylation is 2. The zero-order chi connectivity index (χ0) is 20.6. The van der Waals surface area contributed by atoms with Gasteiger partial charge < -0.3 is 15.7 Å². The minimum absolute atomic E-state index is 0. The fourth-order valence-corrected chi connectivity index (χ4v) is 3.15. The van der Waals surface area contributed by atoms with Crippen LogP contribution in [0.5, 0.6) is 0 Å². The molecule has 1 atom stereocenters. The Morgan fingerprint density at radius 3 is 2.47 bits per heavy atom. The van der Waals surface area contributed by atoms with E-state index in [9.17, 15) is 5.11 Å². The molecule has 2 aromatic heterocycles. The highest BCUT2D eigenvalue weighted by Gasteiger charge is 2.11. The second-order valence-electron chi connectivity index (χ2n) is 6.96. The summed E-state index contributed by atoms with van der Waals surface area (Å²) in [7, 11) is 1.73. The summed E-state index contributed by atoms with van der Waals surface area (Å²) in [6.07, 6.45) is 1.84. The summed E-state index contributed by atoms with van der Waals surface area (Å²) in [5.41, 5.74) is 4.17. The standard InChI is InChI=1S/C22H28N6O.HI/c1-16-11-17(2)28(27-16)21-10-9-18(12-24-21)13-25-22(23-3)26-14-20(15-29)19-7-5-4-6-8-19;/h4-12,20,29H,13-15H2,1-3H3,(H2,23,25,26);1H. The molecule has 0 aliphatic carbocycles. The fourth-order valence-electron chi connectivity index (χ4n) is 3.15. The van der Waals surface area contributed by atoms with Crippen LogP contribution in [0, 0.1) is 13.8 Å². The molecule has 0 aliphatic rings. The van der Waals surface area contributed by atoms with E-state index in [4.69, 9.17) is 0 Å². The van der Waals surface area contributed by atoms with Gasteiger partial charge >= 0.3 is 0 Å². The lowest BCUT2D eigenvalue weighted by Gasteiger charge is -2.18. The zero-order valence-electron chi connectivity index (χ0n) is 17.5. The molecule has 8 heteroatoms. The molecule has 0 bridgehead atoms. The molecule has 0 spiro atoms. The smallest absolute Gasteiger partial charge is 0.191 e. The second-order valence-corrected chi connectivity index (χ2v) is 6.96. The first-order chi connectivity index (χ1) is 14.1. The van der Waals surface area contributed by atoms with Crippen molar-refractivity contribution in [2.45, 2.75) is 26.3 Å². The van der Waals surface area contributed by atoms with Crippen LogP contribution in [-0.2, 0) is 6.54 Å². The summed E-state index contributed by atoms with van der Waals surface area (Å²) in [6, 6.07) is 16.0. The molecule has 1 unspecified atom stereocenters. The Hall–Kier alpha value is -2.46. The van der Waals surface area contributed by atoms with Gasteiger partial charge in [-0.25, -0.2) is 9.67 Å². The molecule has 3 aromatic rings. The van der Waals surface area contributed by atoms with Crippen molar-refractivity contribution in [2.75, 3.05) is 20.2 Å². The average Bonchev–Trinajstić information content (AvgIpc) is 3.09. The molecular formula is C22H29IN6O. The molecule has 0 aliphatic heterocycles. The van der Waals surface area contributed by atoms with E-state index < -0.39 is 0 Å². The number of benzene rings is 1. The van der Waals surface area contributed by atoms with Gasteiger partial charge in [-0.1, -0.05) is 36.4 Å². The van der Waals surface area contributed by atoms with Crippen LogP contribution in [0.25, 0.3) is 5.82 Å². The Balaban J connectivity index is 0.00000320. The summed E-state index contributed by atoms with van der Waals surface area (Å²) in [5.74, 6) is 1.49. The van der Waals surface area contributed by atoms with Gasteiger partial charge in [0.1, 0.15) is 0 Å². The van der Waals surface area contributed by atoms with E-state index in [0.29, 0.717) is 19.0 Å². The molecule has 0 fully saturated rings. The number of aliphatic imine (C=N–C) groups is 1. The van der Waals surface area contributed by atoms with Crippen LogP contribution in [0.15, 0.2) is 59.7 Å². The van der Waals surface area contributed by atoms with Gasteiger partial charge in [0.05, 0.1) is 12.3 Å². The number of guanidine groups is 1. The summed E-state index contributed by atoms with van der Waals surface area (Å²) < 4.78 is 1.84.